The second-order valence-electron chi connectivity index (χ2n) is 8.21. The van der Waals surface area contributed by atoms with Crippen molar-refractivity contribution in [3.8, 4) is 0 Å². The van der Waals surface area contributed by atoms with E-state index in [4.69, 9.17) is 0 Å². The van der Waals surface area contributed by atoms with Gasteiger partial charge >= 0.3 is 0 Å². The average molecular weight is 459 g/mol. The predicted molar refractivity (Wildman–Crippen MR) is 151 cm³/mol. The van der Waals surface area contributed by atoms with Crippen molar-refractivity contribution in [1.29, 1.82) is 0 Å². The van der Waals surface area contributed by atoms with Crippen molar-refractivity contribution < 1.29 is 0 Å². The van der Waals surface area contributed by atoms with Crippen LogP contribution in [0.15, 0.2) is 24.3 Å². The van der Waals surface area contributed by atoms with Gasteiger partial charge in [0.15, 0.2) is 0 Å². The summed E-state index contributed by atoms with van der Waals surface area (Å²) in [7, 11) is 0. The molecule has 190 valence electrons. The molecule has 0 unspecified atom stereocenters. The molecule has 4 heterocycles. The van der Waals surface area contributed by atoms with Crippen molar-refractivity contribution in [2.75, 3.05) is 23.7 Å². The van der Waals surface area contributed by atoms with Crippen LogP contribution < -0.4 is 10.6 Å². The van der Waals surface area contributed by atoms with Crippen LogP contribution in [-0.2, 0) is 12.8 Å². The first kappa shape index (κ1) is 33.1. The molecular weight excluding hydrogens is 404 g/mol. The van der Waals surface area contributed by atoms with Crippen molar-refractivity contribution in [2.24, 2.45) is 0 Å². The summed E-state index contributed by atoms with van der Waals surface area (Å²) in [5.74, 6) is 3.27. The fourth-order valence-corrected chi connectivity index (χ4v) is 3.49. The minimum Gasteiger partial charge on any atom is -0.370 e. The van der Waals surface area contributed by atoms with Crippen molar-refractivity contribution in [3.63, 3.8) is 0 Å². The van der Waals surface area contributed by atoms with Gasteiger partial charge in [0.1, 0.15) is 11.6 Å². The van der Waals surface area contributed by atoms with Crippen LogP contribution >= 0.6 is 0 Å². The predicted octanol–water partition coefficient (Wildman–Crippen LogP) is 8.84. The van der Waals surface area contributed by atoms with E-state index in [0.29, 0.717) is 11.8 Å². The zero-order chi connectivity index (χ0) is 23.2. The summed E-state index contributed by atoms with van der Waals surface area (Å²) >= 11 is 0. The van der Waals surface area contributed by atoms with Gasteiger partial charge in [0.05, 0.1) is 0 Å². The van der Waals surface area contributed by atoms with Crippen molar-refractivity contribution in [1.82, 2.24) is 9.97 Å². The molecule has 2 aromatic rings. The lowest BCUT2D eigenvalue weighted by molar-refractivity contribution is 0.783. The molecule has 2 aromatic heterocycles. The van der Waals surface area contributed by atoms with E-state index >= 15 is 0 Å². The summed E-state index contributed by atoms with van der Waals surface area (Å²) in [4.78, 5) is 9.26. The molecule has 2 aliphatic heterocycles. The standard InChI is InChI=1S/C12H18N2.C11H16N2.2C2H6.2CH4/c1-9(2)11-7-6-10-5-3-4-8-13-12(10)14-11;1-8(2)10-6-5-9-4-3-7-12-11(9)13-10;2*1-2;;/h6-7,9H,3-5,8H2,1-2H3,(H,13,14);5-6,8H,3-4,7H2,1-2H3,(H,12,13);2*1-2H3;2*1H4. The van der Waals surface area contributed by atoms with Gasteiger partial charge < -0.3 is 10.6 Å². The third-order valence-corrected chi connectivity index (χ3v) is 5.26. The van der Waals surface area contributed by atoms with Crippen molar-refractivity contribution >= 4 is 11.6 Å². The summed E-state index contributed by atoms with van der Waals surface area (Å²) in [5, 5.41) is 6.76. The first-order chi connectivity index (χ1) is 15.0. The van der Waals surface area contributed by atoms with Gasteiger partial charge in [-0.15, -0.1) is 0 Å². The Kier molecular flexibility index (Phi) is 18.4. The Hall–Kier alpha value is -2.10. The van der Waals surface area contributed by atoms with Gasteiger partial charge in [0.2, 0.25) is 0 Å². The molecule has 2 aliphatic rings. The van der Waals surface area contributed by atoms with Gasteiger partial charge in [-0.05, 0) is 67.2 Å². The van der Waals surface area contributed by atoms with Crippen LogP contribution in [0.2, 0.25) is 0 Å². The van der Waals surface area contributed by atoms with Crippen LogP contribution in [0, 0.1) is 0 Å². The van der Waals surface area contributed by atoms with Gasteiger partial charge in [-0.2, -0.15) is 0 Å². The molecule has 0 aliphatic carbocycles. The van der Waals surface area contributed by atoms with Gasteiger partial charge in [-0.25, -0.2) is 9.97 Å². The first-order valence-corrected chi connectivity index (χ1v) is 12.5. The number of hydrogen-bond acceptors (Lipinski definition) is 4. The zero-order valence-corrected chi connectivity index (χ0v) is 21.3. The highest BCUT2D eigenvalue weighted by molar-refractivity contribution is 5.47. The molecule has 0 fully saturated rings. The molecular formula is C29H54N4. The summed E-state index contributed by atoms with van der Waals surface area (Å²) < 4.78 is 0. The van der Waals surface area contributed by atoms with E-state index in [9.17, 15) is 0 Å². The molecule has 0 radical (unpaired) electrons. The number of aryl methyl sites for hydroxylation is 2. The van der Waals surface area contributed by atoms with E-state index in [-0.39, 0.29) is 14.9 Å². The Labute approximate surface area is 206 Å². The molecule has 4 heteroatoms. The topological polar surface area (TPSA) is 49.8 Å². The molecule has 0 saturated carbocycles. The number of hydrogen-bond donors (Lipinski definition) is 2. The maximum absolute atomic E-state index is 4.66. The molecule has 0 amide bonds. The molecule has 4 rings (SSSR count). The summed E-state index contributed by atoms with van der Waals surface area (Å²) in [6, 6.07) is 8.76. The second kappa shape index (κ2) is 18.3. The fraction of sp³-hybridized carbons (Fsp3) is 0.655. The lowest BCUT2D eigenvalue weighted by Gasteiger charge is -2.18. The van der Waals surface area contributed by atoms with E-state index in [0.717, 1.165) is 24.7 Å². The lowest BCUT2D eigenvalue weighted by Crippen LogP contribution is -2.14. The number of fused-ring (bicyclic) bond motifs is 2. The van der Waals surface area contributed by atoms with Crippen LogP contribution in [0.4, 0.5) is 11.6 Å². The van der Waals surface area contributed by atoms with Crippen molar-refractivity contribution in [2.45, 2.75) is 114 Å². The Bertz CT molecular complexity index is 753. The molecule has 0 saturated heterocycles. The Morgan fingerprint density at radius 2 is 1.00 bits per heavy atom. The average Bonchev–Trinajstić information content (AvgIpc) is 3.06. The Balaban J connectivity index is 0. The largest absolute Gasteiger partial charge is 0.370 e. The Morgan fingerprint density at radius 3 is 1.42 bits per heavy atom. The van der Waals surface area contributed by atoms with Crippen LogP contribution in [0.25, 0.3) is 0 Å². The van der Waals surface area contributed by atoms with Crippen LogP contribution in [0.5, 0.6) is 0 Å². The number of pyridine rings is 2. The van der Waals surface area contributed by atoms with E-state index in [1.807, 2.05) is 27.7 Å². The number of nitrogens with one attached hydrogen (secondary N) is 2. The monoisotopic (exact) mass is 458 g/mol. The Morgan fingerprint density at radius 1 is 0.606 bits per heavy atom. The highest BCUT2D eigenvalue weighted by Gasteiger charge is 2.11. The normalized spacial score (nSPS) is 13.2. The maximum atomic E-state index is 4.66. The third kappa shape index (κ3) is 10.6. The SMILES string of the molecule is C.C.CC.CC.CC(C)c1ccc2c(n1)NCCC2.CC(C)c1ccc2c(n1)NCCCC2. The molecule has 2 N–H and O–H groups in total. The molecule has 0 bridgehead atoms. The second-order valence-corrected chi connectivity index (χ2v) is 8.21. The first-order valence-electron chi connectivity index (χ1n) is 12.5. The van der Waals surface area contributed by atoms with E-state index < -0.39 is 0 Å². The van der Waals surface area contributed by atoms with Gasteiger partial charge in [0, 0.05) is 24.5 Å². The maximum Gasteiger partial charge on any atom is 0.129 e. The fourth-order valence-electron chi connectivity index (χ4n) is 3.49. The zero-order valence-electron chi connectivity index (χ0n) is 21.3. The molecule has 0 spiro atoms. The van der Waals surface area contributed by atoms with E-state index in [2.05, 4.69) is 72.6 Å². The minimum atomic E-state index is 0. The van der Waals surface area contributed by atoms with Crippen LogP contribution in [0.3, 0.4) is 0 Å². The highest BCUT2D eigenvalue weighted by atomic mass is 15.0. The highest BCUT2D eigenvalue weighted by Crippen LogP contribution is 2.23. The number of nitrogens with zero attached hydrogens (tertiary/aromatic N) is 2. The third-order valence-electron chi connectivity index (χ3n) is 5.26. The number of anilines is 2. The van der Waals surface area contributed by atoms with Crippen LogP contribution in [-0.4, -0.2) is 23.1 Å². The molecule has 0 atom stereocenters. The molecule has 0 aromatic carbocycles. The van der Waals surface area contributed by atoms with Crippen LogP contribution in [0.1, 0.15) is 124 Å². The smallest absolute Gasteiger partial charge is 0.129 e. The van der Waals surface area contributed by atoms with Gasteiger partial charge in [0.25, 0.3) is 0 Å². The molecule has 4 nitrogen and oxygen atoms in total. The molecule has 33 heavy (non-hydrogen) atoms. The summed E-state index contributed by atoms with van der Waals surface area (Å²) in [6.07, 6.45) is 6.12. The number of aromatic nitrogens is 2. The van der Waals surface area contributed by atoms with Gasteiger partial charge in [-0.1, -0.05) is 82.4 Å². The van der Waals surface area contributed by atoms with Crippen molar-refractivity contribution in [3.05, 3.63) is 46.8 Å². The summed E-state index contributed by atoms with van der Waals surface area (Å²) in [5.41, 5.74) is 5.13. The quantitative estimate of drug-likeness (QED) is 0.472. The van der Waals surface area contributed by atoms with Gasteiger partial charge in [-0.3, -0.25) is 0 Å². The number of rotatable bonds is 2. The summed E-state index contributed by atoms with van der Waals surface area (Å²) in [6.45, 7) is 18.9. The van der Waals surface area contributed by atoms with E-state index in [1.54, 1.807) is 0 Å². The minimum absolute atomic E-state index is 0. The van der Waals surface area contributed by atoms with E-state index in [1.165, 1.54) is 54.6 Å². The lowest BCUT2D eigenvalue weighted by atomic mass is 10.0.